The van der Waals surface area contributed by atoms with E-state index in [1.807, 2.05) is 0 Å². The van der Waals surface area contributed by atoms with Crippen molar-refractivity contribution in [1.82, 2.24) is 20.6 Å². The van der Waals surface area contributed by atoms with Crippen molar-refractivity contribution < 1.29 is 9.18 Å². The molecule has 0 spiro atoms. The second kappa shape index (κ2) is 8.90. The van der Waals surface area contributed by atoms with Crippen LogP contribution in [0.15, 0.2) is 18.3 Å². The van der Waals surface area contributed by atoms with Gasteiger partial charge in [-0.05, 0) is 25.1 Å². The van der Waals surface area contributed by atoms with Gasteiger partial charge in [0.2, 0.25) is 0 Å². The number of amides is 1. The van der Waals surface area contributed by atoms with Gasteiger partial charge in [-0.3, -0.25) is 9.78 Å². The highest BCUT2D eigenvalue weighted by atomic mass is 35.5. The van der Waals surface area contributed by atoms with Crippen LogP contribution in [0.5, 0.6) is 0 Å². The van der Waals surface area contributed by atoms with Gasteiger partial charge < -0.3 is 10.6 Å². The van der Waals surface area contributed by atoms with E-state index >= 15 is 0 Å². The third kappa shape index (κ3) is 5.23. The summed E-state index contributed by atoms with van der Waals surface area (Å²) in [5.74, 6) is -0.885. The fourth-order valence-electron chi connectivity index (χ4n) is 1.88. The zero-order valence-electron chi connectivity index (χ0n) is 12.7. The highest BCUT2D eigenvalue weighted by molar-refractivity contribution is 7.16. The van der Waals surface area contributed by atoms with Crippen molar-refractivity contribution in [1.29, 1.82) is 0 Å². The molecule has 0 saturated carbocycles. The highest BCUT2D eigenvalue weighted by Crippen LogP contribution is 2.24. The fraction of sp³-hybridized carbons (Fsp3) is 0.400. The van der Waals surface area contributed by atoms with Crippen LogP contribution in [0.1, 0.15) is 34.5 Å². The van der Waals surface area contributed by atoms with E-state index in [1.54, 1.807) is 0 Å². The van der Waals surface area contributed by atoms with Crippen molar-refractivity contribution >= 4 is 28.8 Å². The summed E-state index contributed by atoms with van der Waals surface area (Å²) < 4.78 is 13.8. The number of nitrogens with zero attached hydrogens (tertiary/aromatic N) is 2. The summed E-state index contributed by atoms with van der Waals surface area (Å²) in [4.78, 5) is 20.3. The van der Waals surface area contributed by atoms with Gasteiger partial charge in [-0.2, -0.15) is 0 Å². The molecule has 0 fully saturated rings. The number of hydrogen-bond donors (Lipinski definition) is 2. The Hall–Kier alpha value is -1.57. The van der Waals surface area contributed by atoms with Crippen LogP contribution in [-0.2, 0) is 13.0 Å². The number of hydrogen-bond acceptors (Lipinski definition) is 5. The Kier molecular flexibility index (Phi) is 6.88. The van der Waals surface area contributed by atoms with Gasteiger partial charge in [-0.25, -0.2) is 9.37 Å². The normalized spacial score (nSPS) is 10.7. The highest BCUT2D eigenvalue weighted by Gasteiger charge is 2.17. The van der Waals surface area contributed by atoms with Crippen LogP contribution in [0.25, 0.3) is 0 Å². The smallest absolute Gasteiger partial charge is 0.272 e. The molecule has 0 saturated heterocycles. The van der Waals surface area contributed by atoms with Crippen LogP contribution in [0.2, 0.25) is 4.34 Å². The third-order valence-electron chi connectivity index (χ3n) is 3.04. The number of halogens is 2. The van der Waals surface area contributed by atoms with E-state index in [0.29, 0.717) is 10.8 Å². The van der Waals surface area contributed by atoms with Crippen molar-refractivity contribution in [2.75, 3.05) is 13.1 Å². The van der Waals surface area contributed by atoms with Crippen molar-refractivity contribution in [3.05, 3.63) is 44.9 Å². The molecule has 0 bridgehead atoms. The number of rotatable bonds is 8. The Balaban J connectivity index is 1.91. The summed E-state index contributed by atoms with van der Waals surface area (Å²) in [5, 5.41) is 6.66. The number of thiazole rings is 1. The SMILES string of the molecule is CCCNCCc1nc(C(=O)NCc2ncccc2F)c(Cl)s1. The summed E-state index contributed by atoms with van der Waals surface area (Å²) in [6.07, 6.45) is 3.25. The van der Waals surface area contributed by atoms with Gasteiger partial charge in [0.1, 0.15) is 10.2 Å². The minimum Gasteiger partial charge on any atom is -0.345 e. The number of aromatic nitrogens is 2. The zero-order valence-corrected chi connectivity index (χ0v) is 14.3. The van der Waals surface area contributed by atoms with Crippen LogP contribution in [0.4, 0.5) is 4.39 Å². The van der Waals surface area contributed by atoms with Crippen LogP contribution in [-0.4, -0.2) is 29.0 Å². The van der Waals surface area contributed by atoms with Crippen molar-refractivity contribution in [3.8, 4) is 0 Å². The van der Waals surface area contributed by atoms with E-state index in [-0.39, 0.29) is 17.9 Å². The van der Waals surface area contributed by atoms with E-state index in [4.69, 9.17) is 11.6 Å². The molecule has 0 aliphatic heterocycles. The van der Waals surface area contributed by atoms with Crippen molar-refractivity contribution in [2.24, 2.45) is 0 Å². The standard InChI is InChI=1S/C15H18ClFN4OS/c1-2-6-18-8-5-12-21-13(14(16)23-12)15(22)20-9-11-10(17)4-3-7-19-11/h3-4,7,18H,2,5-6,8-9H2,1H3,(H,20,22). The molecule has 0 radical (unpaired) electrons. The van der Waals surface area contributed by atoms with Gasteiger partial charge in [0.25, 0.3) is 5.91 Å². The zero-order chi connectivity index (χ0) is 16.7. The Labute approximate surface area is 143 Å². The second-order valence-electron chi connectivity index (χ2n) is 4.84. The Morgan fingerprint density at radius 3 is 3.00 bits per heavy atom. The second-order valence-corrected chi connectivity index (χ2v) is 6.53. The summed E-state index contributed by atoms with van der Waals surface area (Å²) in [6, 6.07) is 2.79. The van der Waals surface area contributed by atoms with Crippen LogP contribution >= 0.6 is 22.9 Å². The molecular weight excluding hydrogens is 339 g/mol. The third-order valence-corrected chi connectivity index (χ3v) is 4.35. The molecule has 0 aliphatic rings. The van der Waals surface area contributed by atoms with E-state index in [2.05, 4.69) is 27.5 Å². The summed E-state index contributed by atoms with van der Waals surface area (Å²) in [7, 11) is 0. The minimum absolute atomic E-state index is 0.00719. The molecule has 2 rings (SSSR count). The quantitative estimate of drug-likeness (QED) is 0.714. The molecule has 2 aromatic rings. The maximum Gasteiger partial charge on any atom is 0.272 e. The van der Waals surface area contributed by atoms with E-state index in [0.717, 1.165) is 24.5 Å². The summed E-state index contributed by atoms with van der Waals surface area (Å²) in [6.45, 7) is 3.83. The maximum absolute atomic E-state index is 13.5. The monoisotopic (exact) mass is 356 g/mol. The molecule has 2 N–H and O–H groups in total. The molecule has 0 aromatic carbocycles. The van der Waals surface area contributed by atoms with Gasteiger partial charge in [-0.1, -0.05) is 18.5 Å². The molecule has 1 amide bonds. The van der Waals surface area contributed by atoms with E-state index in [1.165, 1.54) is 29.7 Å². The minimum atomic E-state index is -0.458. The van der Waals surface area contributed by atoms with E-state index < -0.39 is 11.7 Å². The van der Waals surface area contributed by atoms with E-state index in [9.17, 15) is 9.18 Å². The molecular formula is C15H18ClFN4OS. The molecule has 0 atom stereocenters. The van der Waals surface area contributed by atoms with Crippen LogP contribution in [0, 0.1) is 5.82 Å². The first-order valence-corrected chi connectivity index (χ1v) is 8.54. The van der Waals surface area contributed by atoms with Gasteiger partial charge in [0, 0.05) is 19.2 Å². The fourth-order valence-corrected chi connectivity index (χ4v) is 3.06. The first-order valence-electron chi connectivity index (χ1n) is 7.35. The predicted octanol–water partition coefficient (Wildman–Crippen LogP) is 2.80. The molecule has 2 aromatic heterocycles. The number of carbonyl (C=O) groups is 1. The van der Waals surface area contributed by atoms with Crippen LogP contribution < -0.4 is 10.6 Å². The lowest BCUT2D eigenvalue weighted by molar-refractivity contribution is 0.0945. The Bertz CT molecular complexity index is 665. The first-order chi connectivity index (χ1) is 11.1. The molecule has 0 aliphatic carbocycles. The predicted molar refractivity (Wildman–Crippen MR) is 89.4 cm³/mol. The lowest BCUT2D eigenvalue weighted by Gasteiger charge is -2.04. The van der Waals surface area contributed by atoms with Gasteiger partial charge in [0.05, 0.1) is 17.2 Å². The lowest BCUT2D eigenvalue weighted by atomic mass is 10.3. The number of nitrogens with one attached hydrogen (secondary N) is 2. The summed E-state index contributed by atoms with van der Waals surface area (Å²) in [5.41, 5.74) is 0.356. The molecule has 8 heteroatoms. The molecule has 2 heterocycles. The van der Waals surface area contributed by atoms with Crippen molar-refractivity contribution in [3.63, 3.8) is 0 Å². The Morgan fingerprint density at radius 2 is 2.26 bits per heavy atom. The molecule has 23 heavy (non-hydrogen) atoms. The lowest BCUT2D eigenvalue weighted by Crippen LogP contribution is -2.24. The van der Waals surface area contributed by atoms with Gasteiger partial charge >= 0.3 is 0 Å². The number of carbonyl (C=O) groups excluding carboxylic acids is 1. The molecule has 124 valence electrons. The first kappa shape index (κ1) is 17.8. The van der Waals surface area contributed by atoms with Crippen LogP contribution in [0.3, 0.4) is 0 Å². The average Bonchev–Trinajstić information content (AvgIpc) is 2.91. The van der Waals surface area contributed by atoms with Gasteiger partial charge in [-0.15, -0.1) is 11.3 Å². The number of pyridine rings is 1. The average molecular weight is 357 g/mol. The maximum atomic E-state index is 13.5. The summed E-state index contributed by atoms with van der Waals surface area (Å²) >= 11 is 7.37. The largest absolute Gasteiger partial charge is 0.345 e. The molecule has 5 nitrogen and oxygen atoms in total. The topological polar surface area (TPSA) is 66.9 Å². The Morgan fingerprint density at radius 1 is 1.43 bits per heavy atom. The van der Waals surface area contributed by atoms with Gasteiger partial charge in [0.15, 0.2) is 5.69 Å². The molecule has 0 unspecified atom stereocenters. The van der Waals surface area contributed by atoms with Crippen molar-refractivity contribution in [2.45, 2.75) is 26.3 Å².